The van der Waals surface area contributed by atoms with Gasteiger partial charge in [0.2, 0.25) is 0 Å². The Morgan fingerprint density at radius 1 is 0.926 bits per heavy atom. The topological polar surface area (TPSA) is 49.0 Å². The molecule has 4 rings (SSSR count). The Kier molecular flexibility index (Phi) is 4.13. The van der Waals surface area contributed by atoms with Crippen LogP contribution in [0.3, 0.4) is 0 Å². The van der Waals surface area contributed by atoms with Crippen LogP contribution in [-0.2, 0) is 7.05 Å². The summed E-state index contributed by atoms with van der Waals surface area (Å²) >= 11 is 0. The van der Waals surface area contributed by atoms with Gasteiger partial charge in [0, 0.05) is 25.9 Å². The highest BCUT2D eigenvalue weighted by atomic mass is 16.1. The Labute approximate surface area is 158 Å². The van der Waals surface area contributed by atoms with Gasteiger partial charge in [-0.1, -0.05) is 60.7 Å². The summed E-state index contributed by atoms with van der Waals surface area (Å²) in [4.78, 5) is 15.2. The average molecular weight is 353 g/mol. The third kappa shape index (κ3) is 2.65. The molecular weight excluding hydrogens is 334 g/mol. The number of nitriles is 1. The molecule has 1 unspecified atom stereocenters. The Bertz CT molecular complexity index is 1120. The van der Waals surface area contributed by atoms with E-state index in [4.69, 9.17) is 0 Å². The van der Waals surface area contributed by atoms with Crippen LogP contribution in [-0.4, -0.2) is 16.5 Å². The van der Waals surface area contributed by atoms with E-state index in [1.165, 1.54) is 0 Å². The van der Waals surface area contributed by atoms with Gasteiger partial charge in [-0.2, -0.15) is 5.26 Å². The van der Waals surface area contributed by atoms with Gasteiger partial charge in [-0.25, -0.2) is 0 Å². The van der Waals surface area contributed by atoms with E-state index < -0.39 is 6.04 Å². The third-order valence-corrected chi connectivity index (χ3v) is 5.06. The van der Waals surface area contributed by atoms with Gasteiger partial charge in [0.05, 0.1) is 17.3 Å². The van der Waals surface area contributed by atoms with Crippen molar-refractivity contribution >= 4 is 6.08 Å². The number of rotatable bonds is 2. The molecule has 0 aliphatic carbocycles. The molecule has 0 bridgehead atoms. The van der Waals surface area contributed by atoms with Crippen molar-refractivity contribution in [1.29, 1.82) is 5.26 Å². The summed E-state index contributed by atoms with van der Waals surface area (Å²) < 4.78 is 1.67. The first kappa shape index (κ1) is 16.9. The van der Waals surface area contributed by atoms with Crippen LogP contribution in [0.4, 0.5) is 0 Å². The van der Waals surface area contributed by atoms with Gasteiger partial charge in [-0.15, -0.1) is 0 Å². The highest BCUT2D eigenvalue weighted by molar-refractivity contribution is 5.83. The predicted molar refractivity (Wildman–Crippen MR) is 108 cm³/mol. The van der Waals surface area contributed by atoms with Gasteiger partial charge in [0.1, 0.15) is 6.04 Å². The summed E-state index contributed by atoms with van der Waals surface area (Å²) in [6.45, 7) is 0. The van der Waals surface area contributed by atoms with Crippen molar-refractivity contribution in [1.82, 2.24) is 9.47 Å². The molecule has 0 amide bonds. The second kappa shape index (κ2) is 6.62. The summed E-state index contributed by atoms with van der Waals surface area (Å²) in [7, 11) is 3.67. The van der Waals surface area contributed by atoms with Crippen LogP contribution in [0, 0.1) is 11.3 Å². The molecule has 2 aromatic carbocycles. The lowest BCUT2D eigenvalue weighted by molar-refractivity contribution is 0.398. The number of nitrogens with zero attached hydrogens (tertiary/aromatic N) is 3. The van der Waals surface area contributed by atoms with Crippen LogP contribution < -0.4 is 5.56 Å². The minimum Gasteiger partial charge on any atom is -0.361 e. The average Bonchev–Trinajstić information content (AvgIpc) is 2.71. The first-order valence-corrected chi connectivity index (χ1v) is 8.81. The molecule has 132 valence electrons. The quantitative estimate of drug-likeness (QED) is 0.694. The molecule has 27 heavy (non-hydrogen) atoms. The zero-order valence-electron chi connectivity index (χ0n) is 15.3. The number of benzene rings is 2. The van der Waals surface area contributed by atoms with Gasteiger partial charge < -0.3 is 9.47 Å². The molecule has 1 atom stereocenters. The number of hydrogen-bond acceptors (Lipinski definition) is 3. The molecule has 1 aromatic heterocycles. The van der Waals surface area contributed by atoms with E-state index in [9.17, 15) is 10.1 Å². The molecule has 0 saturated heterocycles. The Morgan fingerprint density at radius 2 is 1.52 bits per heavy atom. The molecule has 0 N–H and O–H groups in total. The zero-order chi connectivity index (χ0) is 19.0. The van der Waals surface area contributed by atoms with Crippen molar-refractivity contribution in [2.75, 3.05) is 7.05 Å². The fourth-order valence-electron chi connectivity index (χ4n) is 3.74. The lowest BCUT2D eigenvalue weighted by Crippen LogP contribution is -2.30. The molecule has 0 radical (unpaired) electrons. The lowest BCUT2D eigenvalue weighted by Gasteiger charge is -2.31. The molecule has 0 spiro atoms. The highest BCUT2D eigenvalue weighted by Gasteiger charge is 2.30. The normalized spacial score (nSPS) is 15.3. The van der Waals surface area contributed by atoms with Crippen LogP contribution in [0.5, 0.6) is 0 Å². The first-order valence-electron chi connectivity index (χ1n) is 8.81. The van der Waals surface area contributed by atoms with Crippen LogP contribution in [0.1, 0.15) is 17.2 Å². The number of aromatic nitrogens is 1. The molecule has 4 heteroatoms. The Hall–Kier alpha value is -3.58. The van der Waals surface area contributed by atoms with E-state index in [1.54, 1.807) is 11.6 Å². The molecule has 0 saturated carbocycles. The highest BCUT2D eigenvalue weighted by Crippen LogP contribution is 2.39. The lowest BCUT2D eigenvalue weighted by atomic mass is 9.87. The molecule has 1 aliphatic rings. The number of hydrogen-bond donors (Lipinski definition) is 0. The predicted octanol–water partition coefficient (Wildman–Crippen LogP) is 4.20. The SMILES string of the molecule is CN1C=Cc2c(c(-c3ccccc3)n(C)c(=O)c2-c2ccccc2)C1C#N. The van der Waals surface area contributed by atoms with E-state index in [-0.39, 0.29) is 5.56 Å². The summed E-state index contributed by atoms with van der Waals surface area (Å²) in [5.41, 5.74) is 4.85. The van der Waals surface area contributed by atoms with E-state index in [2.05, 4.69) is 6.07 Å². The van der Waals surface area contributed by atoms with Gasteiger partial charge in [-0.3, -0.25) is 4.79 Å². The minimum atomic E-state index is -0.463. The van der Waals surface area contributed by atoms with E-state index in [0.717, 1.165) is 27.9 Å². The molecule has 2 heterocycles. The standard InChI is InChI=1S/C23H19N3O/c1-25-14-13-18-20(16-9-5-3-6-10-16)23(27)26(2)22(21(18)19(25)15-24)17-11-7-4-8-12-17/h3-14,19H,1-2H3. The number of pyridine rings is 1. The number of fused-ring (bicyclic) bond motifs is 1. The maximum absolute atomic E-state index is 13.3. The minimum absolute atomic E-state index is 0.0651. The van der Waals surface area contributed by atoms with E-state index in [0.29, 0.717) is 5.56 Å². The van der Waals surface area contributed by atoms with Gasteiger partial charge in [0.25, 0.3) is 5.56 Å². The second-order valence-corrected chi connectivity index (χ2v) is 6.66. The van der Waals surface area contributed by atoms with Crippen molar-refractivity contribution in [3.05, 3.63) is 88.3 Å². The van der Waals surface area contributed by atoms with Gasteiger partial charge >= 0.3 is 0 Å². The van der Waals surface area contributed by atoms with Crippen molar-refractivity contribution in [3.63, 3.8) is 0 Å². The van der Waals surface area contributed by atoms with Gasteiger partial charge in [-0.05, 0) is 22.8 Å². The van der Waals surface area contributed by atoms with Crippen molar-refractivity contribution in [2.24, 2.45) is 7.05 Å². The molecule has 0 fully saturated rings. The zero-order valence-corrected chi connectivity index (χ0v) is 15.3. The second-order valence-electron chi connectivity index (χ2n) is 6.66. The maximum atomic E-state index is 13.3. The monoisotopic (exact) mass is 353 g/mol. The Balaban J connectivity index is 2.16. The summed E-state index contributed by atoms with van der Waals surface area (Å²) in [5.74, 6) is 0. The molecule has 4 nitrogen and oxygen atoms in total. The summed E-state index contributed by atoms with van der Waals surface area (Å²) in [6, 6.07) is 21.4. The van der Waals surface area contributed by atoms with Crippen LogP contribution in [0.15, 0.2) is 71.7 Å². The third-order valence-electron chi connectivity index (χ3n) is 5.06. The van der Waals surface area contributed by atoms with Gasteiger partial charge in [0.15, 0.2) is 0 Å². The fraction of sp³-hybridized carbons (Fsp3) is 0.130. The molecule has 3 aromatic rings. The van der Waals surface area contributed by atoms with Crippen LogP contribution in [0.2, 0.25) is 0 Å². The summed E-state index contributed by atoms with van der Waals surface area (Å²) in [6.07, 6.45) is 3.82. The van der Waals surface area contributed by atoms with Crippen LogP contribution in [0.25, 0.3) is 28.5 Å². The first-order chi connectivity index (χ1) is 13.1. The van der Waals surface area contributed by atoms with Crippen molar-refractivity contribution in [2.45, 2.75) is 6.04 Å². The van der Waals surface area contributed by atoms with E-state index in [1.807, 2.05) is 84.9 Å². The summed E-state index contributed by atoms with van der Waals surface area (Å²) in [5, 5.41) is 9.89. The molecule has 1 aliphatic heterocycles. The van der Waals surface area contributed by atoms with Crippen molar-refractivity contribution in [3.8, 4) is 28.5 Å². The largest absolute Gasteiger partial charge is 0.361 e. The van der Waals surface area contributed by atoms with Crippen molar-refractivity contribution < 1.29 is 0 Å². The maximum Gasteiger partial charge on any atom is 0.259 e. The van der Waals surface area contributed by atoms with Crippen LogP contribution >= 0.6 is 0 Å². The smallest absolute Gasteiger partial charge is 0.259 e. The fourth-order valence-corrected chi connectivity index (χ4v) is 3.74. The van der Waals surface area contributed by atoms with E-state index >= 15 is 0 Å². The molecular formula is C23H19N3O. The Morgan fingerprint density at radius 3 is 2.11 bits per heavy atom.